The highest BCUT2D eigenvalue weighted by Crippen LogP contribution is 2.26. The molecule has 1 amide bonds. The van der Waals surface area contributed by atoms with Crippen LogP contribution in [0.1, 0.15) is 53.3 Å². The summed E-state index contributed by atoms with van der Waals surface area (Å²) in [5.74, 6) is -0.717. The maximum atomic E-state index is 12.9. The molecule has 1 aromatic carbocycles. The Labute approximate surface area is 188 Å². The topological polar surface area (TPSA) is 91.0 Å². The molecule has 3 rings (SSSR count). The second-order valence-corrected chi connectivity index (χ2v) is 7.86. The Hall–Kier alpha value is -3.42. The van der Waals surface area contributed by atoms with Crippen LogP contribution in [0.5, 0.6) is 0 Å². The average molecular weight is 438 g/mol. The van der Waals surface area contributed by atoms with Crippen molar-refractivity contribution in [3.63, 3.8) is 0 Å². The summed E-state index contributed by atoms with van der Waals surface area (Å²) in [4.78, 5) is 25.7. The monoisotopic (exact) mass is 437 g/mol. The number of hydrogen-bond acceptors (Lipinski definition) is 5. The third-order valence-corrected chi connectivity index (χ3v) is 5.73. The van der Waals surface area contributed by atoms with Gasteiger partial charge in [0.2, 0.25) is 5.91 Å². The van der Waals surface area contributed by atoms with Gasteiger partial charge in [0.25, 0.3) is 0 Å². The fraction of sp³-hybridized carbons (Fsp3) is 0.417. The zero-order chi connectivity index (χ0) is 23.4. The van der Waals surface area contributed by atoms with Gasteiger partial charge in [-0.3, -0.25) is 9.48 Å². The van der Waals surface area contributed by atoms with Gasteiger partial charge in [-0.2, -0.15) is 10.2 Å². The molecule has 0 saturated carbocycles. The molecule has 2 heterocycles. The van der Waals surface area contributed by atoms with E-state index in [2.05, 4.69) is 15.5 Å². The van der Waals surface area contributed by atoms with E-state index >= 15 is 0 Å². The zero-order valence-corrected chi connectivity index (χ0v) is 19.6. The fourth-order valence-electron chi connectivity index (χ4n) is 4.02. The minimum absolute atomic E-state index is 0.225. The van der Waals surface area contributed by atoms with E-state index in [1.54, 1.807) is 11.6 Å². The quantitative estimate of drug-likeness (QED) is 0.547. The number of carbonyl (C=O) groups is 2. The van der Waals surface area contributed by atoms with Gasteiger partial charge in [-0.05, 0) is 58.7 Å². The number of nitrogens with one attached hydrogen (secondary N) is 1. The molecule has 8 heteroatoms. The minimum atomic E-state index is -0.920. The number of rotatable bonds is 8. The van der Waals surface area contributed by atoms with Crippen LogP contribution in [0.25, 0.3) is 5.69 Å². The summed E-state index contributed by atoms with van der Waals surface area (Å²) in [5.41, 5.74) is 6.00. The zero-order valence-electron chi connectivity index (χ0n) is 19.6. The molecule has 1 unspecified atom stereocenters. The standard InChI is InChI=1S/C24H31N5O3/c1-7-32-24(31)23(25-21(30)14-13-20-15(2)26-28(6)17(20)4)22-16(3)27-29(18(22)5)19-11-9-8-10-12-19/h8-12,23H,7,13-14H2,1-6H3,(H,25,30). The molecule has 0 aliphatic carbocycles. The molecule has 2 aromatic heterocycles. The second-order valence-electron chi connectivity index (χ2n) is 7.86. The molecule has 32 heavy (non-hydrogen) atoms. The number of carbonyl (C=O) groups excluding carboxylic acids is 2. The lowest BCUT2D eigenvalue weighted by Gasteiger charge is -2.18. The predicted molar refractivity (Wildman–Crippen MR) is 122 cm³/mol. The summed E-state index contributed by atoms with van der Waals surface area (Å²) in [5, 5.41) is 11.9. The van der Waals surface area contributed by atoms with Crippen molar-refractivity contribution in [3.8, 4) is 5.69 Å². The molecule has 0 bridgehead atoms. The van der Waals surface area contributed by atoms with Crippen LogP contribution in [-0.2, 0) is 27.8 Å². The van der Waals surface area contributed by atoms with Crippen LogP contribution in [0.15, 0.2) is 30.3 Å². The number of hydrogen-bond donors (Lipinski definition) is 1. The van der Waals surface area contributed by atoms with E-state index in [0.717, 1.165) is 28.3 Å². The number of amides is 1. The third-order valence-electron chi connectivity index (χ3n) is 5.73. The Balaban J connectivity index is 1.85. The first kappa shape index (κ1) is 23.2. The second kappa shape index (κ2) is 9.80. The largest absolute Gasteiger partial charge is 0.464 e. The number of ether oxygens (including phenoxy) is 1. The number of nitrogens with zero attached hydrogens (tertiary/aromatic N) is 4. The van der Waals surface area contributed by atoms with E-state index in [0.29, 0.717) is 17.7 Å². The predicted octanol–water partition coefficient (Wildman–Crippen LogP) is 3.19. The minimum Gasteiger partial charge on any atom is -0.464 e. The maximum Gasteiger partial charge on any atom is 0.333 e. The van der Waals surface area contributed by atoms with Crippen LogP contribution in [0, 0.1) is 27.7 Å². The van der Waals surface area contributed by atoms with Crippen LogP contribution in [0.2, 0.25) is 0 Å². The summed E-state index contributed by atoms with van der Waals surface area (Å²) in [6, 6.07) is 8.76. The molecule has 3 aromatic rings. The highest BCUT2D eigenvalue weighted by molar-refractivity contribution is 5.86. The van der Waals surface area contributed by atoms with Crippen LogP contribution in [0.4, 0.5) is 0 Å². The van der Waals surface area contributed by atoms with Crippen LogP contribution in [-0.4, -0.2) is 38.0 Å². The van der Waals surface area contributed by atoms with Crippen molar-refractivity contribution in [2.24, 2.45) is 7.05 Å². The van der Waals surface area contributed by atoms with Gasteiger partial charge >= 0.3 is 5.97 Å². The highest BCUT2D eigenvalue weighted by Gasteiger charge is 2.30. The molecule has 0 radical (unpaired) electrons. The normalized spacial score (nSPS) is 11.9. The summed E-state index contributed by atoms with van der Waals surface area (Å²) >= 11 is 0. The van der Waals surface area contributed by atoms with E-state index < -0.39 is 12.0 Å². The third kappa shape index (κ3) is 4.74. The van der Waals surface area contributed by atoms with E-state index in [1.807, 2.05) is 69.8 Å². The van der Waals surface area contributed by atoms with Crippen molar-refractivity contribution in [2.45, 2.75) is 53.5 Å². The van der Waals surface area contributed by atoms with Crippen molar-refractivity contribution in [1.82, 2.24) is 24.9 Å². The van der Waals surface area contributed by atoms with Crippen molar-refractivity contribution < 1.29 is 14.3 Å². The van der Waals surface area contributed by atoms with Crippen molar-refractivity contribution >= 4 is 11.9 Å². The van der Waals surface area contributed by atoms with E-state index in [1.165, 1.54) is 0 Å². The number of benzene rings is 1. The Bertz CT molecular complexity index is 1110. The molecule has 1 atom stereocenters. The van der Waals surface area contributed by atoms with Crippen LogP contribution in [0.3, 0.4) is 0 Å². The van der Waals surface area contributed by atoms with Crippen LogP contribution < -0.4 is 5.32 Å². The Morgan fingerprint density at radius 1 is 1.03 bits per heavy atom. The van der Waals surface area contributed by atoms with Gasteiger partial charge in [0, 0.05) is 30.4 Å². The number of aryl methyl sites for hydroxylation is 3. The molecule has 1 N–H and O–H groups in total. The summed E-state index contributed by atoms with van der Waals surface area (Å²) in [7, 11) is 1.89. The Morgan fingerprint density at radius 3 is 2.31 bits per heavy atom. The molecule has 0 saturated heterocycles. The average Bonchev–Trinajstić information content (AvgIpc) is 3.19. The van der Waals surface area contributed by atoms with Gasteiger partial charge in [-0.1, -0.05) is 18.2 Å². The summed E-state index contributed by atoms with van der Waals surface area (Å²) in [6.07, 6.45) is 0.794. The Kier molecular flexibility index (Phi) is 7.12. The fourth-order valence-corrected chi connectivity index (χ4v) is 4.02. The van der Waals surface area contributed by atoms with Gasteiger partial charge in [-0.15, -0.1) is 0 Å². The van der Waals surface area contributed by atoms with Gasteiger partial charge in [-0.25, -0.2) is 9.48 Å². The molecule has 0 aliphatic rings. The first-order valence-electron chi connectivity index (χ1n) is 10.8. The molecule has 0 spiro atoms. The number of esters is 1. The first-order valence-corrected chi connectivity index (χ1v) is 10.8. The van der Waals surface area contributed by atoms with Gasteiger partial charge in [0.05, 0.1) is 23.7 Å². The lowest BCUT2D eigenvalue weighted by molar-refractivity contribution is -0.147. The molecule has 170 valence electrons. The molecule has 8 nitrogen and oxygen atoms in total. The van der Waals surface area contributed by atoms with Gasteiger partial charge in [0.15, 0.2) is 6.04 Å². The molecule has 0 aliphatic heterocycles. The van der Waals surface area contributed by atoms with Crippen molar-refractivity contribution in [3.05, 3.63) is 64.2 Å². The SMILES string of the molecule is CCOC(=O)C(NC(=O)CCc1c(C)nn(C)c1C)c1c(C)nn(-c2ccccc2)c1C. The van der Waals surface area contributed by atoms with Crippen molar-refractivity contribution in [1.29, 1.82) is 0 Å². The van der Waals surface area contributed by atoms with E-state index in [9.17, 15) is 9.59 Å². The lowest BCUT2D eigenvalue weighted by atomic mass is 10.0. The smallest absolute Gasteiger partial charge is 0.333 e. The highest BCUT2D eigenvalue weighted by atomic mass is 16.5. The Morgan fingerprint density at radius 2 is 1.72 bits per heavy atom. The van der Waals surface area contributed by atoms with Crippen molar-refractivity contribution in [2.75, 3.05) is 6.61 Å². The van der Waals surface area contributed by atoms with Crippen LogP contribution >= 0.6 is 0 Å². The number of aromatic nitrogens is 4. The number of para-hydroxylation sites is 1. The van der Waals surface area contributed by atoms with Gasteiger partial charge < -0.3 is 10.1 Å². The molecule has 0 fully saturated rings. The summed E-state index contributed by atoms with van der Waals surface area (Å²) < 4.78 is 8.88. The van der Waals surface area contributed by atoms with E-state index in [-0.39, 0.29) is 18.9 Å². The summed E-state index contributed by atoms with van der Waals surface area (Å²) in [6.45, 7) is 9.62. The molecular formula is C24H31N5O3. The first-order chi connectivity index (χ1) is 15.2. The van der Waals surface area contributed by atoms with Gasteiger partial charge in [0.1, 0.15) is 0 Å². The lowest BCUT2D eigenvalue weighted by Crippen LogP contribution is -2.35. The molecular weight excluding hydrogens is 406 g/mol. The van der Waals surface area contributed by atoms with E-state index in [4.69, 9.17) is 4.74 Å². The maximum absolute atomic E-state index is 12.9.